The van der Waals surface area contributed by atoms with Gasteiger partial charge >= 0.3 is 189 Å². The summed E-state index contributed by atoms with van der Waals surface area (Å²) in [7, 11) is 0. The van der Waals surface area contributed by atoms with Crippen molar-refractivity contribution in [2.75, 3.05) is 0 Å². The molecule has 0 amide bonds. The maximum Gasteiger partial charge on any atom is 1.00 e. The molecule has 45 heteroatoms. The topological polar surface area (TPSA) is 559 Å². The van der Waals surface area contributed by atoms with Crippen LogP contribution in [0.5, 0.6) is 0 Å². The van der Waals surface area contributed by atoms with Gasteiger partial charge in [0.05, 0.1) is 87.5 Å². The maximum atomic E-state index is 11.1. The van der Waals surface area contributed by atoms with E-state index in [2.05, 4.69) is 73.7 Å². The van der Waals surface area contributed by atoms with Crippen molar-refractivity contribution in [3.63, 3.8) is 0 Å². The van der Waals surface area contributed by atoms with Gasteiger partial charge < -0.3 is 113 Å². The number of carbonyl (C=O) groups is 10. The number of furan rings is 2. The van der Waals surface area contributed by atoms with Crippen LogP contribution < -0.4 is 240 Å². The number of benzene rings is 5. The largest absolute Gasteiger partial charge is 1.00 e. The first-order valence-corrected chi connectivity index (χ1v) is 39.0. The monoisotopic (exact) mass is 1790 g/mol. The van der Waals surface area contributed by atoms with Crippen LogP contribution in [0.3, 0.4) is 0 Å². The number of hydrogen-bond donors (Lipinski definition) is 1. The zero-order valence-electron chi connectivity index (χ0n) is 80.3. The van der Waals surface area contributed by atoms with E-state index in [-0.39, 0.29) is 234 Å². The van der Waals surface area contributed by atoms with Gasteiger partial charge in [0.25, 0.3) is 0 Å². The molecule has 9 aromatic heterocycles. The predicted octanol–water partition coefficient (Wildman–Crippen LogP) is -25.0. The fourth-order valence-electron chi connectivity index (χ4n) is 12.0. The van der Waals surface area contributed by atoms with E-state index < -0.39 is 59.7 Å². The molecule has 0 atom stereocenters. The Balaban J connectivity index is -0.000000456. The quantitative estimate of drug-likeness (QED) is 0.124. The van der Waals surface area contributed by atoms with E-state index in [1.165, 1.54) is 51.6 Å². The van der Waals surface area contributed by atoms with E-state index in [4.69, 9.17) is 8.83 Å². The Morgan fingerprint density at radius 3 is 1.29 bits per heavy atom. The van der Waals surface area contributed by atoms with E-state index in [0.29, 0.717) is 84.2 Å². The molecular formula is C88H80Li10N10O22S3. The Bertz CT molecular complexity index is 6130. The van der Waals surface area contributed by atoms with Crippen molar-refractivity contribution in [1.29, 1.82) is 0 Å². The molecule has 1 N–H and O–H groups in total. The molecule has 14 aromatic rings. The minimum absolute atomic E-state index is 0. The molecule has 642 valence electrons. The van der Waals surface area contributed by atoms with Gasteiger partial charge in [-0.2, -0.15) is 8.75 Å². The zero-order valence-corrected chi connectivity index (χ0v) is 82.7. The number of fused-ring (bicyclic) bond motifs is 7. The standard InChI is InChI=1S/C16H14O2.C15H12O3.C9H8N2O2S.C8H9NO2.C7H8N2O2.C7H9NO2.C7H8O3.C7H8O2S.C6H7N3O2.C6H7NO2S.10Li/c1-9-3-4-13-11(5-9)7-12-6-10(2)14(16(17)18)8-15(12)13;1-8-3-4-10-12-7-11(15(16)17)9(2)6-14(12)18-13(10)5-8;1-4-3-6(9(12)13)5(2)8-7(4)10-14-11-8;1-5-3-7(8(10)11)6(2)9-4-5;1-4-3-8-5(2)6(9-4)7(10)11;1-4-3-6(7(9)10)5(2)8-4;2*1-4-3-6(7(8)9)5(2)10-4;1-3-7-4(2)9-5(8-3)6(10)11;1-3-5(6(8)9)7-4(2)10-3;;;;;;;;;;/h3-6,8H,7H2,1-2H3,(H,17,18);3-7H,1-2H3,(H,16,17);3H,1-2H3,(H,12,13);3-4H,1-2H3,(H,10,11);3H,1-2H3,(H,10,11);3,8H,1-2H3,(H,9,10);2*3H,1-2H3,(H,8,9);1-2H3,(H,10,11);1-2H3,(H,8,9);;;;;;;;;;/q;;;;;;;;;;10*+1/p-10. The van der Waals surface area contributed by atoms with Crippen LogP contribution in [-0.4, -0.2) is 108 Å². The number of aryl methyl sites for hydroxylation is 20. The summed E-state index contributed by atoms with van der Waals surface area (Å²) >= 11 is 3.93. The normalized spacial score (nSPS) is 9.62. The number of thiazole rings is 1. The average molecular weight is 1800 g/mol. The fraction of sp³-hybridized carbons (Fsp3) is 0.239. The Hall–Kier alpha value is -8.48. The van der Waals surface area contributed by atoms with Crippen LogP contribution >= 0.6 is 34.4 Å². The Kier molecular flexibility index (Phi) is 60.9. The number of pyridine rings is 1. The van der Waals surface area contributed by atoms with E-state index in [9.17, 15) is 99.0 Å². The summed E-state index contributed by atoms with van der Waals surface area (Å²) in [4.78, 5) is 137. The summed E-state index contributed by atoms with van der Waals surface area (Å²) in [5, 5.41) is 108. The number of aromatic amines is 1. The number of carboxylic acid groups (broad SMARTS) is 10. The maximum absolute atomic E-state index is 11.1. The molecule has 5 aromatic carbocycles. The number of aromatic carboxylic acids is 10. The molecule has 1 aliphatic rings. The van der Waals surface area contributed by atoms with Gasteiger partial charge in [-0.25, -0.2) is 24.9 Å². The third-order valence-electron chi connectivity index (χ3n) is 17.7. The van der Waals surface area contributed by atoms with Gasteiger partial charge in [-0.05, 0) is 255 Å². The van der Waals surface area contributed by atoms with Crippen LogP contribution in [0.15, 0.2) is 112 Å². The Morgan fingerprint density at radius 2 is 0.857 bits per heavy atom. The molecular weight excluding hydrogens is 1710 g/mol. The Labute approximate surface area is 899 Å². The van der Waals surface area contributed by atoms with Crippen molar-refractivity contribution in [2.45, 2.75) is 145 Å². The number of H-pyrrole nitrogens is 1. The summed E-state index contributed by atoms with van der Waals surface area (Å²) in [6.45, 7) is 35.0. The smallest absolute Gasteiger partial charge is 0.545 e. The van der Waals surface area contributed by atoms with E-state index in [0.717, 1.165) is 93.9 Å². The minimum Gasteiger partial charge on any atom is -0.545 e. The van der Waals surface area contributed by atoms with Gasteiger partial charge in [-0.1, -0.05) is 42.0 Å². The van der Waals surface area contributed by atoms with Gasteiger partial charge in [0.15, 0.2) is 5.82 Å². The summed E-state index contributed by atoms with van der Waals surface area (Å²) in [5.41, 5.74) is 18.2. The third-order valence-corrected chi connectivity index (χ3v) is 20.1. The first-order valence-electron chi connectivity index (χ1n) is 36.7. The number of aromatic nitrogens is 10. The molecule has 9 heterocycles. The van der Waals surface area contributed by atoms with E-state index in [1.54, 1.807) is 153 Å². The first-order chi connectivity index (χ1) is 57.5. The van der Waals surface area contributed by atoms with Gasteiger partial charge in [0.2, 0.25) is 0 Å². The van der Waals surface area contributed by atoms with Crippen molar-refractivity contribution in [3.05, 3.63) is 281 Å². The summed E-state index contributed by atoms with van der Waals surface area (Å²) < 4.78 is 18.8. The molecule has 0 unspecified atom stereocenters. The van der Waals surface area contributed by atoms with Crippen LogP contribution in [0, 0.1) is 138 Å². The summed E-state index contributed by atoms with van der Waals surface area (Å²) in [5.74, 6) is -10.4. The molecule has 15 rings (SSSR count). The number of carbonyl (C=O) groups excluding carboxylic acids is 10. The van der Waals surface area contributed by atoms with Crippen molar-refractivity contribution in [1.82, 2.24) is 48.6 Å². The van der Waals surface area contributed by atoms with E-state index >= 15 is 0 Å². The molecule has 0 fully saturated rings. The van der Waals surface area contributed by atoms with Crippen LogP contribution in [-0.2, 0) is 6.42 Å². The molecule has 32 nitrogen and oxygen atoms in total. The zero-order chi connectivity index (χ0) is 92.2. The molecule has 0 saturated carbocycles. The number of carboxylic acids is 10. The van der Waals surface area contributed by atoms with Crippen LogP contribution in [0.25, 0.3) is 44.1 Å². The van der Waals surface area contributed by atoms with Crippen LogP contribution in [0.4, 0.5) is 0 Å². The second-order valence-electron chi connectivity index (χ2n) is 27.8. The van der Waals surface area contributed by atoms with Gasteiger partial charge in [0.1, 0.15) is 57.0 Å². The van der Waals surface area contributed by atoms with Gasteiger partial charge in [-0.15, -0.1) is 22.7 Å². The fourth-order valence-corrected chi connectivity index (χ4v) is 14.4. The van der Waals surface area contributed by atoms with Crippen molar-refractivity contribution >= 4 is 127 Å². The molecule has 0 saturated heterocycles. The number of thiophene rings is 1. The number of rotatable bonds is 10. The molecule has 0 spiro atoms. The third kappa shape index (κ3) is 38.6. The number of nitrogens with one attached hydrogen (secondary N) is 1. The predicted molar refractivity (Wildman–Crippen MR) is 436 cm³/mol. The van der Waals surface area contributed by atoms with Crippen LogP contribution in [0.2, 0.25) is 0 Å². The number of nitrogens with zero attached hydrogens (tertiary/aromatic N) is 9. The van der Waals surface area contributed by atoms with E-state index in [1.807, 2.05) is 52.0 Å². The molecule has 0 radical (unpaired) electrons. The summed E-state index contributed by atoms with van der Waals surface area (Å²) in [6, 6.07) is 27.1. The summed E-state index contributed by atoms with van der Waals surface area (Å²) in [6.07, 6.45) is 4.03. The second-order valence-corrected chi connectivity index (χ2v) is 31.2. The van der Waals surface area contributed by atoms with Crippen molar-refractivity contribution in [3.8, 4) is 11.1 Å². The van der Waals surface area contributed by atoms with Gasteiger partial charge in [-0.3, -0.25) is 9.97 Å². The molecule has 133 heavy (non-hydrogen) atoms. The molecule has 0 aliphatic heterocycles. The van der Waals surface area contributed by atoms with Crippen molar-refractivity contribution < 1.29 is 296 Å². The van der Waals surface area contributed by atoms with Gasteiger partial charge in [0, 0.05) is 93.8 Å². The van der Waals surface area contributed by atoms with Crippen molar-refractivity contribution in [2.24, 2.45) is 0 Å². The minimum atomic E-state index is -1.38. The molecule has 1 aliphatic carbocycles. The first kappa shape index (κ1) is 133. The second kappa shape index (κ2) is 60.9. The average Bonchev–Trinajstić information content (AvgIpc) is 1.63. The molecule has 0 bridgehead atoms. The SMILES string of the molecule is Cc1cc(C(=O)[O-])c(C)[nH]1.Cc1cc(C(=O)[O-])c(C)c2nsnc12.Cc1cc(C(=O)[O-])c(C)o1.Cc1cc(C(=O)[O-])c(C)s1.Cc1ccc2c(c1)Cc1cc(C)c(C(=O)[O-])cc1-2.Cc1ccc2c(c1)oc1cc(C)c(C(=O)[O-])cc12.Cc1cnc(C)c(C(=O)[O-])c1.Cc1cnc(C)c(C(=O)[O-])n1.Cc1nc(C(=O)[O-])c(C)s1.Cc1nc(C)nc(C(=O)[O-])n1.[Li+].[Li+].[Li+].[Li+].[Li+].[Li+].[Li+].[Li+].[Li+].[Li+]. The van der Waals surface area contributed by atoms with Crippen LogP contribution in [0.1, 0.15) is 225 Å². The Morgan fingerprint density at radius 1 is 0.361 bits per heavy atom. The number of hydrogen-bond acceptors (Lipinski definition) is 34.